The third-order valence-electron chi connectivity index (χ3n) is 10.2. The zero-order valence-corrected chi connectivity index (χ0v) is 24.4. The van der Waals surface area contributed by atoms with Crippen molar-refractivity contribution in [3.8, 4) is 0 Å². The highest BCUT2D eigenvalue weighted by atomic mass is 19.1. The Balaban J connectivity index is 1.44. The summed E-state index contributed by atoms with van der Waals surface area (Å²) in [6.07, 6.45) is 6.54. The largest absolute Gasteiger partial charge is 0.363 e. The number of fused-ring (bicyclic) bond motifs is 6. The molecule has 220 valence electrons. The Morgan fingerprint density at radius 3 is 2.65 bits per heavy atom. The molecule has 8 rings (SSSR count). The molecule has 4 heterocycles. The minimum Gasteiger partial charge on any atom is -0.363 e. The lowest BCUT2D eigenvalue weighted by molar-refractivity contribution is -0.985. The van der Waals surface area contributed by atoms with Crippen LogP contribution in [0, 0.1) is 29.3 Å². The number of hydrogen-bond donors (Lipinski definition) is 0. The third-order valence-corrected chi connectivity index (χ3v) is 10.2. The van der Waals surface area contributed by atoms with Crippen molar-refractivity contribution in [3.05, 3.63) is 114 Å². The average molecular weight is 582 g/mol. The van der Waals surface area contributed by atoms with Gasteiger partial charge in [-0.3, -0.25) is 4.98 Å². The normalized spacial score (nSPS) is 24.1. The second-order valence-electron chi connectivity index (χ2n) is 12.5. The zero-order valence-electron chi connectivity index (χ0n) is 24.4. The number of pyridine rings is 1. The monoisotopic (exact) mass is 581 g/mol. The third kappa shape index (κ3) is 4.81. The first-order chi connectivity index (χ1) is 20.9. The van der Waals surface area contributed by atoms with E-state index in [0.29, 0.717) is 41.1 Å². The summed E-state index contributed by atoms with van der Waals surface area (Å²) >= 11 is 0. The number of piperidine rings is 3. The van der Waals surface area contributed by atoms with Gasteiger partial charge in [0, 0.05) is 47.4 Å². The van der Waals surface area contributed by atoms with Gasteiger partial charge >= 0.3 is 0 Å². The van der Waals surface area contributed by atoms with Crippen LogP contribution >= 0.6 is 0 Å². The highest BCUT2D eigenvalue weighted by molar-refractivity contribution is 6.02. The Hall–Kier alpha value is -3.74. The number of nitrogens with zero attached hydrogens (tertiary/aromatic N) is 2. The fourth-order valence-corrected chi connectivity index (χ4v) is 8.27. The van der Waals surface area contributed by atoms with Crippen LogP contribution in [-0.4, -0.2) is 35.2 Å². The van der Waals surface area contributed by atoms with Crippen LogP contribution in [0.4, 0.5) is 13.2 Å². The highest BCUT2D eigenvalue weighted by Crippen LogP contribution is 2.50. The summed E-state index contributed by atoms with van der Waals surface area (Å²) < 4.78 is 52.3. The van der Waals surface area contributed by atoms with Crippen LogP contribution in [0.15, 0.2) is 85.6 Å². The molecule has 3 saturated heterocycles. The molecule has 0 saturated carbocycles. The molecule has 5 aromatic rings. The van der Waals surface area contributed by atoms with Crippen LogP contribution in [0.5, 0.6) is 0 Å². The second kappa shape index (κ2) is 11.1. The number of quaternary nitrogens is 1. The molecule has 3 aliphatic rings. The maximum absolute atomic E-state index is 15.3. The number of benzene rings is 4. The van der Waals surface area contributed by atoms with Gasteiger partial charge in [-0.25, -0.2) is 13.2 Å². The van der Waals surface area contributed by atoms with E-state index in [1.807, 2.05) is 24.4 Å². The van der Waals surface area contributed by atoms with E-state index in [-0.39, 0.29) is 18.0 Å². The molecule has 0 radical (unpaired) electrons. The van der Waals surface area contributed by atoms with Crippen molar-refractivity contribution in [2.24, 2.45) is 11.8 Å². The molecule has 3 fully saturated rings. The number of aromatic nitrogens is 1. The van der Waals surface area contributed by atoms with Crippen molar-refractivity contribution in [1.29, 1.82) is 0 Å². The van der Waals surface area contributed by atoms with Crippen molar-refractivity contribution in [2.45, 2.75) is 44.9 Å². The number of halogens is 3. The smallest absolute Gasteiger partial charge is 0.135 e. The topological polar surface area (TPSA) is 22.1 Å². The van der Waals surface area contributed by atoms with E-state index < -0.39 is 11.6 Å². The lowest BCUT2D eigenvalue weighted by Gasteiger charge is -2.59. The molecule has 3 nitrogen and oxygen atoms in total. The second-order valence-corrected chi connectivity index (χ2v) is 12.5. The molecule has 3 aliphatic heterocycles. The van der Waals surface area contributed by atoms with E-state index in [0.717, 1.165) is 70.3 Å². The first-order valence-corrected chi connectivity index (χ1v) is 15.3. The van der Waals surface area contributed by atoms with E-state index in [9.17, 15) is 8.78 Å². The Kier molecular flexibility index (Phi) is 7.22. The van der Waals surface area contributed by atoms with Crippen LogP contribution in [0.1, 0.15) is 43.4 Å². The molecule has 0 spiro atoms. The summed E-state index contributed by atoms with van der Waals surface area (Å²) in [6.45, 7) is 8.99. The Bertz CT molecular complexity index is 1850. The van der Waals surface area contributed by atoms with Gasteiger partial charge < -0.3 is 9.22 Å². The summed E-state index contributed by atoms with van der Waals surface area (Å²) in [5, 5.41) is 3.41. The van der Waals surface area contributed by atoms with Crippen LogP contribution < -0.4 is 0 Å². The summed E-state index contributed by atoms with van der Waals surface area (Å²) in [6, 6.07) is 19.0. The first-order valence-electron chi connectivity index (χ1n) is 15.3. The SMILES string of the molecule is C=CCO[C@H](c1ccnc2ccccc12)[C@H]1C[C@@H]2CC[N@@+]1(Cc1c3cc(F)ccc3cc3c(F)cc(F)cc13)C[C@@H]2CC. The quantitative estimate of drug-likeness (QED) is 0.104. The fourth-order valence-electron chi connectivity index (χ4n) is 8.27. The van der Waals surface area contributed by atoms with Gasteiger partial charge in [0.2, 0.25) is 0 Å². The maximum Gasteiger partial charge on any atom is 0.135 e. The summed E-state index contributed by atoms with van der Waals surface area (Å²) in [5.74, 6) is -0.475. The molecule has 0 N–H and O–H groups in total. The molecule has 5 atom stereocenters. The van der Waals surface area contributed by atoms with Crippen LogP contribution in [-0.2, 0) is 11.3 Å². The molecule has 0 unspecified atom stereocenters. The van der Waals surface area contributed by atoms with Crippen LogP contribution in [0.2, 0.25) is 0 Å². The van der Waals surface area contributed by atoms with Crippen molar-refractivity contribution in [3.63, 3.8) is 0 Å². The molecule has 6 heteroatoms. The summed E-state index contributed by atoms with van der Waals surface area (Å²) in [4.78, 5) is 4.61. The molecule has 2 bridgehead atoms. The molecule has 0 aliphatic carbocycles. The van der Waals surface area contributed by atoms with Gasteiger partial charge in [-0.15, -0.1) is 6.58 Å². The number of rotatable bonds is 8. The van der Waals surface area contributed by atoms with E-state index in [2.05, 4.69) is 30.6 Å². The lowest BCUT2D eigenvalue weighted by Crippen LogP contribution is -2.68. The van der Waals surface area contributed by atoms with Crippen molar-refractivity contribution in [2.75, 3.05) is 19.7 Å². The van der Waals surface area contributed by atoms with Gasteiger partial charge in [-0.05, 0) is 70.5 Å². The lowest BCUT2D eigenvalue weighted by atomic mass is 9.70. The van der Waals surface area contributed by atoms with E-state index in [1.165, 1.54) is 18.2 Å². The Morgan fingerprint density at radius 2 is 1.81 bits per heavy atom. The minimum atomic E-state index is -0.627. The summed E-state index contributed by atoms with van der Waals surface area (Å²) in [5.41, 5.74) is 2.82. The van der Waals surface area contributed by atoms with Gasteiger partial charge in [-0.1, -0.05) is 37.3 Å². The van der Waals surface area contributed by atoms with E-state index >= 15 is 4.39 Å². The molecular weight excluding hydrogens is 545 g/mol. The predicted molar refractivity (Wildman–Crippen MR) is 166 cm³/mol. The van der Waals surface area contributed by atoms with Crippen LogP contribution in [0.3, 0.4) is 0 Å². The van der Waals surface area contributed by atoms with Gasteiger partial charge in [0.15, 0.2) is 0 Å². The summed E-state index contributed by atoms with van der Waals surface area (Å²) in [7, 11) is 0. The number of para-hydroxylation sites is 1. The highest BCUT2D eigenvalue weighted by Gasteiger charge is 2.55. The Morgan fingerprint density at radius 1 is 0.977 bits per heavy atom. The van der Waals surface area contributed by atoms with Gasteiger partial charge in [0.25, 0.3) is 0 Å². The standard InChI is InChI=1S/C37H36F3N2O/c1-3-15-43-37(29-11-13-41-35-8-6-5-7-28(29)35)36-17-24-12-14-42(36,21-23(24)4-2)22-33-30-18-26(38)10-9-25(30)16-32-31(33)19-27(39)20-34(32)40/h3,5-11,13,16,18-20,23-24,36-37H,1,4,12,14-15,17,21-22H2,2H3/q+1/t23-,24-,36+,37+,42-/m0/s1. The van der Waals surface area contributed by atoms with E-state index in [4.69, 9.17) is 4.74 Å². The van der Waals surface area contributed by atoms with Crippen molar-refractivity contribution < 1.29 is 22.4 Å². The van der Waals surface area contributed by atoms with Gasteiger partial charge in [-0.2, -0.15) is 0 Å². The van der Waals surface area contributed by atoms with Crippen molar-refractivity contribution >= 4 is 32.4 Å². The molecule has 4 aromatic carbocycles. The number of ether oxygens (including phenoxy) is 1. The maximum atomic E-state index is 15.3. The van der Waals surface area contributed by atoms with Gasteiger partial charge in [0.05, 0.1) is 25.2 Å². The molecule has 43 heavy (non-hydrogen) atoms. The van der Waals surface area contributed by atoms with Crippen LogP contribution in [0.25, 0.3) is 32.4 Å². The predicted octanol–water partition coefficient (Wildman–Crippen LogP) is 9.04. The average Bonchev–Trinajstić information content (AvgIpc) is 3.02. The van der Waals surface area contributed by atoms with E-state index in [1.54, 1.807) is 18.2 Å². The minimum absolute atomic E-state index is 0.0876. The zero-order chi connectivity index (χ0) is 29.7. The van der Waals surface area contributed by atoms with Gasteiger partial charge in [0.1, 0.15) is 36.1 Å². The fraction of sp³-hybridized carbons (Fsp3) is 0.324. The Labute approximate surface area is 250 Å². The number of hydrogen-bond acceptors (Lipinski definition) is 2. The van der Waals surface area contributed by atoms with Crippen molar-refractivity contribution in [1.82, 2.24) is 4.98 Å². The first kappa shape index (κ1) is 28.1. The molecule has 1 aromatic heterocycles. The molecular formula is C37H36F3N2O+. The molecule has 0 amide bonds.